The molecule has 2 aromatic carbocycles. The van der Waals surface area contributed by atoms with Crippen LogP contribution < -0.4 is 4.72 Å². The van der Waals surface area contributed by atoms with E-state index in [4.69, 9.17) is 0 Å². The molecule has 0 radical (unpaired) electrons. The number of rotatable bonds is 4. The van der Waals surface area contributed by atoms with Crippen LogP contribution in [0.15, 0.2) is 42.5 Å². The maximum Gasteiger partial charge on any atom is 0.239 e. The van der Waals surface area contributed by atoms with Gasteiger partial charge in [0, 0.05) is 5.39 Å². The van der Waals surface area contributed by atoms with Gasteiger partial charge in [-0.15, -0.1) is 0 Å². The molecule has 0 fully saturated rings. The van der Waals surface area contributed by atoms with E-state index >= 15 is 0 Å². The number of hydrogen-bond donors (Lipinski definition) is 1. The van der Waals surface area contributed by atoms with Crippen molar-refractivity contribution in [3.05, 3.63) is 42.5 Å². The van der Waals surface area contributed by atoms with E-state index in [9.17, 15) is 13.2 Å². The lowest BCUT2D eigenvalue weighted by atomic mass is 10.1. The Hall–Kier alpha value is -1.88. The Labute approximate surface area is 99.3 Å². The predicted octanol–water partition coefficient (Wildman–Crippen LogP) is 1.78. The maximum absolute atomic E-state index is 11.5. The number of carbonyl (C=O) groups excluding carboxylic acids is 1. The Bertz CT molecular complexity index is 644. The molecule has 0 saturated carbocycles. The summed E-state index contributed by atoms with van der Waals surface area (Å²) in [6, 6.07) is 12.8. The zero-order valence-electron chi connectivity index (χ0n) is 8.96. The van der Waals surface area contributed by atoms with E-state index in [1.54, 1.807) is 12.1 Å². The highest BCUT2D eigenvalue weighted by molar-refractivity contribution is 7.93. The van der Waals surface area contributed by atoms with Gasteiger partial charge in [-0.3, -0.25) is 4.72 Å². The molecule has 0 saturated heterocycles. The third-order valence-electron chi connectivity index (χ3n) is 2.34. The lowest BCUT2D eigenvalue weighted by molar-refractivity contribution is -0.105. The number of carbonyl (C=O) groups is 1. The number of hydrogen-bond acceptors (Lipinski definition) is 3. The minimum Gasteiger partial charge on any atom is -0.302 e. The van der Waals surface area contributed by atoms with Gasteiger partial charge in [-0.25, -0.2) is 8.42 Å². The third-order valence-corrected chi connectivity index (χ3v) is 3.45. The van der Waals surface area contributed by atoms with Crippen LogP contribution in [-0.4, -0.2) is 20.5 Å². The molecule has 17 heavy (non-hydrogen) atoms. The first-order valence-corrected chi connectivity index (χ1v) is 6.69. The highest BCUT2D eigenvalue weighted by Crippen LogP contribution is 2.23. The summed E-state index contributed by atoms with van der Waals surface area (Å²) in [6.07, 6.45) is 0.369. The van der Waals surface area contributed by atoms with Crippen molar-refractivity contribution in [1.29, 1.82) is 0 Å². The van der Waals surface area contributed by atoms with Gasteiger partial charge in [0.05, 0.1) is 5.69 Å². The molecule has 0 aromatic heterocycles. The summed E-state index contributed by atoms with van der Waals surface area (Å²) in [5, 5.41) is 1.75. The van der Waals surface area contributed by atoms with Crippen molar-refractivity contribution < 1.29 is 13.2 Å². The Kier molecular flexibility index (Phi) is 3.10. The first-order chi connectivity index (χ1) is 8.12. The van der Waals surface area contributed by atoms with Crippen LogP contribution in [0.1, 0.15) is 0 Å². The lowest BCUT2D eigenvalue weighted by Gasteiger charge is -2.08. The van der Waals surface area contributed by atoms with Crippen LogP contribution in [0.3, 0.4) is 0 Å². The number of aldehydes is 1. The molecule has 0 spiro atoms. The number of fused-ring (bicyclic) bond motifs is 1. The lowest BCUT2D eigenvalue weighted by Crippen LogP contribution is -2.17. The predicted molar refractivity (Wildman–Crippen MR) is 67.4 cm³/mol. The number of anilines is 1. The van der Waals surface area contributed by atoms with Gasteiger partial charge in [-0.05, 0) is 11.5 Å². The molecule has 1 N–H and O–H groups in total. The summed E-state index contributed by atoms with van der Waals surface area (Å²) in [7, 11) is -3.59. The second-order valence-corrected chi connectivity index (χ2v) is 5.34. The molecular weight excluding hydrogens is 238 g/mol. The molecule has 2 aromatic rings. The summed E-state index contributed by atoms with van der Waals surface area (Å²) >= 11 is 0. The van der Waals surface area contributed by atoms with Gasteiger partial charge in [0.1, 0.15) is 12.0 Å². The number of sulfonamides is 1. The van der Waals surface area contributed by atoms with Crippen LogP contribution in [0.25, 0.3) is 10.8 Å². The quantitative estimate of drug-likeness (QED) is 0.840. The second-order valence-electron chi connectivity index (χ2n) is 3.58. The van der Waals surface area contributed by atoms with Gasteiger partial charge in [-0.2, -0.15) is 0 Å². The Morgan fingerprint density at radius 3 is 2.53 bits per heavy atom. The highest BCUT2D eigenvalue weighted by Gasteiger charge is 2.10. The molecule has 0 aliphatic carbocycles. The normalized spacial score (nSPS) is 11.3. The van der Waals surface area contributed by atoms with Crippen molar-refractivity contribution in [3.8, 4) is 0 Å². The van der Waals surface area contributed by atoms with Gasteiger partial charge in [0.15, 0.2) is 0 Å². The van der Waals surface area contributed by atoms with E-state index in [1.165, 1.54) is 0 Å². The molecule has 0 bridgehead atoms. The van der Waals surface area contributed by atoms with Crippen molar-refractivity contribution in [1.82, 2.24) is 0 Å². The monoisotopic (exact) mass is 249 g/mol. The zero-order chi connectivity index (χ0) is 12.3. The summed E-state index contributed by atoms with van der Waals surface area (Å²) in [5.74, 6) is -0.532. The Morgan fingerprint density at radius 2 is 1.76 bits per heavy atom. The summed E-state index contributed by atoms with van der Waals surface area (Å²) in [6.45, 7) is 0. The van der Waals surface area contributed by atoms with E-state index in [-0.39, 0.29) is 0 Å². The van der Waals surface area contributed by atoms with E-state index in [2.05, 4.69) is 4.72 Å². The van der Waals surface area contributed by atoms with Gasteiger partial charge in [0.2, 0.25) is 10.0 Å². The van der Waals surface area contributed by atoms with E-state index < -0.39 is 15.8 Å². The van der Waals surface area contributed by atoms with E-state index in [1.807, 2.05) is 30.3 Å². The molecule has 4 nitrogen and oxygen atoms in total. The smallest absolute Gasteiger partial charge is 0.239 e. The van der Waals surface area contributed by atoms with Crippen molar-refractivity contribution >= 4 is 32.8 Å². The Balaban J connectivity index is 2.46. The molecule has 0 aliphatic heterocycles. The zero-order valence-corrected chi connectivity index (χ0v) is 9.78. The molecule has 0 heterocycles. The average Bonchev–Trinajstić information content (AvgIpc) is 2.29. The molecular formula is C12H11NO3S. The highest BCUT2D eigenvalue weighted by atomic mass is 32.2. The number of nitrogens with one attached hydrogen (secondary N) is 1. The van der Waals surface area contributed by atoms with Crippen LogP contribution in [0.5, 0.6) is 0 Å². The molecule has 0 unspecified atom stereocenters. The minimum atomic E-state index is -3.59. The van der Waals surface area contributed by atoms with Crippen molar-refractivity contribution in [3.63, 3.8) is 0 Å². The standard InChI is InChI=1S/C12H11NO3S/c14-8-9-17(15,16)13-12-7-3-5-10-4-1-2-6-11(10)12/h1-8,13H,9H2. The molecule has 5 heteroatoms. The van der Waals surface area contributed by atoms with Crippen LogP contribution in [0.2, 0.25) is 0 Å². The van der Waals surface area contributed by atoms with Crippen LogP contribution in [-0.2, 0) is 14.8 Å². The SMILES string of the molecule is O=CCS(=O)(=O)Nc1cccc2ccccc12. The van der Waals surface area contributed by atoms with Gasteiger partial charge >= 0.3 is 0 Å². The number of benzene rings is 2. The fourth-order valence-corrected chi connectivity index (χ4v) is 2.39. The van der Waals surface area contributed by atoms with Gasteiger partial charge in [-0.1, -0.05) is 36.4 Å². The van der Waals surface area contributed by atoms with Gasteiger partial charge < -0.3 is 4.79 Å². The molecule has 88 valence electrons. The first kappa shape index (κ1) is 11.6. The second kappa shape index (κ2) is 4.55. The van der Waals surface area contributed by atoms with Crippen LogP contribution in [0.4, 0.5) is 5.69 Å². The summed E-state index contributed by atoms with van der Waals surface area (Å²) in [4.78, 5) is 10.3. The fraction of sp³-hybridized carbons (Fsp3) is 0.0833. The largest absolute Gasteiger partial charge is 0.302 e. The molecule has 0 aliphatic rings. The molecule has 0 atom stereocenters. The van der Waals surface area contributed by atoms with E-state index in [0.29, 0.717) is 12.0 Å². The topological polar surface area (TPSA) is 63.2 Å². The molecule has 2 rings (SSSR count). The minimum absolute atomic E-state index is 0.369. The molecule has 0 amide bonds. The van der Waals surface area contributed by atoms with Crippen molar-refractivity contribution in [2.45, 2.75) is 0 Å². The van der Waals surface area contributed by atoms with Crippen LogP contribution in [0, 0.1) is 0 Å². The Morgan fingerprint density at radius 1 is 1.06 bits per heavy atom. The van der Waals surface area contributed by atoms with Gasteiger partial charge in [0.25, 0.3) is 0 Å². The van der Waals surface area contributed by atoms with Crippen molar-refractivity contribution in [2.75, 3.05) is 10.5 Å². The van der Waals surface area contributed by atoms with Crippen molar-refractivity contribution in [2.24, 2.45) is 0 Å². The first-order valence-electron chi connectivity index (χ1n) is 5.04. The summed E-state index contributed by atoms with van der Waals surface area (Å²) < 4.78 is 25.4. The maximum atomic E-state index is 11.5. The summed E-state index contributed by atoms with van der Waals surface area (Å²) in [5.41, 5.74) is 0.491. The van der Waals surface area contributed by atoms with E-state index in [0.717, 1.165) is 10.8 Å². The van der Waals surface area contributed by atoms with Crippen LogP contribution >= 0.6 is 0 Å². The fourth-order valence-electron chi connectivity index (χ4n) is 1.61. The third kappa shape index (κ3) is 2.62. The average molecular weight is 249 g/mol.